The standard InChI is InChI=1S/C18H30BrN5O5S/c19-9-15(26)24-29-17(27)11(20)5-3-4-8-21-14(25)7-2-1-6-13-16-12(10-30-13)22-18(28)23-16/h11-13,16H,1-10,20H2,(H,21,25)(H,24,26)(H2,22,23,28)/t11-,12-,13-,16-/m0/s1. The zero-order valence-electron chi connectivity index (χ0n) is 16.8. The van der Waals surface area contributed by atoms with Gasteiger partial charge in [0.25, 0.3) is 5.91 Å². The number of amides is 4. The quantitative estimate of drug-likeness (QED) is 0.110. The van der Waals surface area contributed by atoms with Crippen molar-refractivity contribution in [1.29, 1.82) is 0 Å². The Labute approximate surface area is 188 Å². The fourth-order valence-electron chi connectivity index (χ4n) is 3.41. The first-order chi connectivity index (χ1) is 14.4. The van der Waals surface area contributed by atoms with Crippen molar-refractivity contribution in [1.82, 2.24) is 21.4 Å². The van der Waals surface area contributed by atoms with E-state index in [0.29, 0.717) is 37.5 Å². The molecule has 2 fully saturated rings. The minimum absolute atomic E-state index is 0.0176. The third-order valence-electron chi connectivity index (χ3n) is 5.03. The van der Waals surface area contributed by atoms with E-state index in [0.717, 1.165) is 25.0 Å². The van der Waals surface area contributed by atoms with E-state index < -0.39 is 17.9 Å². The summed E-state index contributed by atoms with van der Waals surface area (Å²) in [6.45, 7) is 0.529. The highest BCUT2D eigenvalue weighted by atomic mass is 79.9. The summed E-state index contributed by atoms with van der Waals surface area (Å²) in [6, 6.07) is -0.447. The molecule has 0 saturated carbocycles. The monoisotopic (exact) mass is 507 g/mol. The van der Waals surface area contributed by atoms with Crippen LogP contribution in [0.5, 0.6) is 0 Å². The van der Waals surface area contributed by atoms with Gasteiger partial charge in [-0.05, 0) is 32.1 Å². The first-order valence-corrected chi connectivity index (χ1v) is 12.3. The second-order valence-corrected chi connectivity index (χ2v) is 9.23. The predicted octanol–water partition coefficient (Wildman–Crippen LogP) is 0.295. The largest absolute Gasteiger partial charge is 0.356 e. The fourth-order valence-corrected chi connectivity index (χ4v) is 5.07. The number of thioether (sulfide) groups is 1. The van der Waals surface area contributed by atoms with Crippen LogP contribution in [0.25, 0.3) is 0 Å². The van der Waals surface area contributed by atoms with Crippen LogP contribution in [-0.4, -0.2) is 64.8 Å². The van der Waals surface area contributed by atoms with Crippen LogP contribution in [0.15, 0.2) is 0 Å². The van der Waals surface area contributed by atoms with Crippen molar-refractivity contribution in [3.8, 4) is 0 Å². The van der Waals surface area contributed by atoms with Crippen molar-refractivity contribution in [3.63, 3.8) is 0 Å². The molecule has 2 rings (SSSR count). The van der Waals surface area contributed by atoms with Crippen LogP contribution in [0.1, 0.15) is 44.9 Å². The Hall–Kier alpha value is -1.53. The summed E-state index contributed by atoms with van der Waals surface area (Å²) in [5, 5.41) is 9.23. The zero-order valence-corrected chi connectivity index (χ0v) is 19.2. The van der Waals surface area contributed by atoms with Crippen LogP contribution >= 0.6 is 27.7 Å². The van der Waals surface area contributed by atoms with Gasteiger partial charge in [0.05, 0.1) is 17.4 Å². The molecule has 0 aliphatic carbocycles. The summed E-state index contributed by atoms with van der Waals surface area (Å²) >= 11 is 4.81. The number of nitrogens with two attached hydrogens (primary N) is 1. The van der Waals surface area contributed by atoms with Gasteiger partial charge in [0.1, 0.15) is 6.04 Å². The molecule has 12 heteroatoms. The molecule has 2 heterocycles. The van der Waals surface area contributed by atoms with Gasteiger partial charge in [0.2, 0.25) is 5.91 Å². The summed E-state index contributed by atoms with van der Waals surface area (Å²) < 4.78 is 0. The van der Waals surface area contributed by atoms with Gasteiger partial charge in [-0.3, -0.25) is 9.59 Å². The molecule has 2 aliphatic rings. The smallest absolute Gasteiger partial charge is 0.348 e. The van der Waals surface area contributed by atoms with E-state index in [4.69, 9.17) is 5.73 Å². The number of halogens is 1. The van der Waals surface area contributed by atoms with Crippen LogP contribution < -0.4 is 27.2 Å². The van der Waals surface area contributed by atoms with E-state index in [1.807, 2.05) is 17.2 Å². The number of urea groups is 1. The van der Waals surface area contributed by atoms with Gasteiger partial charge in [-0.25, -0.2) is 9.59 Å². The molecular weight excluding hydrogens is 478 g/mol. The molecule has 0 radical (unpaired) electrons. The number of unbranched alkanes of at least 4 members (excludes halogenated alkanes) is 2. The van der Waals surface area contributed by atoms with Crippen molar-refractivity contribution in [2.24, 2.45) is 5.73 Å². The van der Waals surface area contributed by atoms with Crippen molar-refractivity contribution in [2.75, 3.05) is 17.6 Å². The Morgan fingerprint density at radius 1 is 1.20 bits per heavy atom. The van der Waals surface area contributed by atoms with E-state index in [2.05, 4.69) is 36.7 Å². The summed E-state index contributed by atoms with van der Waals surface area (Å²) in [4.78, 5) is 50.4. The highest BCUT2D eigenvalue weighted by Gasteiger charge is 2.42. The molecule has 0 aromatic carbocycles. The number of fused-ring (bicyclic) bond motifs is 1. The topological polar surface area (TPSA) is 152 Å². The summed E-state index contributed by atoms with van der Waals surface area (Å²) in [7, 11) is 0. The van der Waals surface area contributed by atoms with Crippen LogP contribution in [0.2, 0.25) is 0 Å². The average Bonchev–Trinajstić information content (AvgIpc) is 3.27. The van der Waals surface area contributed by atoms with Crippen LogP contribution in [-0.2, 0) is 19.2 Å². The Balaban J connectivity index is 1.44. The summed E-state index contributed by atoms with van der Waals surface area (Å²) in [5.74, 6) is -0.190. The maximum absolute atomic E-state index is 11.9. The SMILES string of the molecule is N[C@@H](CCCCNC(=O)CCCC[C@@H]1SC[C@@H]2NC(=O)N[C@@H]21)C(=O)ONC(=O)CBr. The third-order valence-corrected chi connectivity index (χ3v) is 7.05. The molecular formula is C18H30BrN5O5S. The van der Waals surface area contributed by atoms with Gasteiger partial charge >= 0.3 is 12.0 Å². The van der Waals surface area contributed by atoms with Gasteiger partial charge < -0.3 is 26.5 Å². The molecule has 30 heavy (non-hydrogen) atoms. The number of alkyl halides is 1. The maximum atomic E-state index is 11.9. The zero-order chi connectivity index (χ0) is 21.9. The maximum Gasteiger partial charge on any atom is 0.348 e. The minimum atomic E-state index is -0.816. The van der Waals surface area contributed by atoms with E-state index in [9.17, 15) is 19.2 Å². The van der Waals surface area contributed by atoms with Crippen LogP contribution in [0.3, 0.4) is 0 Å². The first-order valence-electron chi connectivity index (χ1n) is 10.2. The van der Waals surface area contributed by atoms with Crippen molar-refractivity contribution in [3.05, 3.63) is 0 Å². The molecule has 4 amide bonds. The normalized spacial score (nSPS) is 23.1. The highest BCUT2D eigenvalue weighted by Crippen LogP contribution is 2.33. The van der Waals surface area contributed by atoms with Crippen LogP contribution in [0, 0.1) is 0 Å². The lowest BCUT2D eigenvalue weighted by atomic mass is 10.0. The number of nitrogens with one attached hydrogen (secondary N) is 4. The van der Waals surface area contributed by atoms with Gasteiger partial charge in [0.15, 0.2) is 0 Å². The van der Waals surface area contributed by atoms with E-state index in [1.54, 1.807) is 0 Å². The molecule has 170 valence electrons. The number of carbonyl (C=O) groups is 4. The lowest BCUT2D eigenvalue weighted by molar-refractivity contribution is -0.158. The molecule has 2 saturated heterocycles. The van der Waals surface area contributed by atoms with Gasteiger partial charge in [-0.2, -0.15) is 17.2 Å². The molecule has 0 aromatic heterocycles. The second kappa shape index (κ2) is 13.0. The Morgan fingerprint density at radius 2 is 2.00 bits per heavy atom. The van der Waals surface area contributed by atoms with Gasteiger partial charge in [-0.15, -0.1) is 0 Å². The number of rotatable bonds is 12. The lowest BCUT2D eigenvalue weighted by Gasteiger charge is -2.16. The van der Waals surface area contributed by atoms with Crippen molar-refractivity contribution < 1.29 is 24.0 Å². The fraction of sp³-hybridized carbons (Fsp3) is 0.778. The molecule has 0 aromatic rings. The van der Waals surface area contributed by atoms with Gasteiger partial charge in [-0.1, -0.05) is 22.4 Å². The molecule has 2 aliphatic heterocycles. The molecule has 4 atom stereocenters. The molecule has 10 nitrogen and oxygen atoms in total. The molecule has 0 bridgehead atoms. The highest BCUT2D eigenvalue weighted by molar-refractivity contribution is 9.09. The van der Waals surface area contributed by atoms with E-state index in [-0.39, 0.29) is 29.4 Å². The summed E-state index contributed by atoms with van der Waals surface area (Å²) in [6.07, 6.45) is 5.01. The van der Waals surface area contributed by atoms with Crippen molar-refractivity contribution >= 4 is 51.5 Å². The minimum Gasteiger partial charge on any atom is -0.356 e. The number of hydrogen-bond acceptors (Lipinski definition) is 7. The number of hydrogen-bond donors (Lipinski definition) is 5. The Kier molecular flexibility index (Phi) is 10.7. The summed E-state index contributed by atoms with van der Waals surface area (Å²) in [5.41, 5.74) is 7.70. The molecule has 6 N–H and O–H groups in total. The van der Waals surface area contributed by atoms with Crippen molar-refractivity contribution in [2.45, 2.75) is 68.3 Å². The van der Waals surface area contributed by atoms with E-state index in [1.165, 1.54) is 0 Å². The average molecular weight is 508 g/mol. The lowest BCUT2D eigenvalue weighted by Crippen LogP contribution is -2.38. The van der Waals surface area contributed by atoms with E-state index >= 15 is 0 Å². The third kappa shape index (κ3) is 8.31. The molecule has 0 spiro atoms. The Bertz CT molecular complexity index is 626. The number of hydroxylamine groups is 1. The van der Waals surface area contributed by atoms with Crippen LogP contribution in [0.4, 0.5) is 4.79 Å². The first kappa shape index (κ1) is 24.7. The predicted molar refractivity (Wildman–Crippen MR) is 117 cm³/mol. The number of carbonyl (C=O) groups excluding carboxylic acids is 4. The second-order valence-electron chi connectivity index (χ2n) is 7.40. The van der Waals surface area contributed by atoms with Gasteiger partial charge in [0, 0.05) is 24.0 Å². The molecule has 0 unspecified atom stereocenters. The Morgan fingerprint density at radius 3 is 2.77 bits per heavy atom.